The summed E-state index contributed by atoms with van der Waals surface area (Å²) in [4.78, 5) is 4.38. The maximum Gasteiger partial charge on any atom is 0.134 e. The highest BCUT2D eigenvalue weighted by Gasteiger charge is 2.15. The second-order valence-corrected chi connectivity index (χ2v) is 6.11. The van der Waals surface area contributed by atoms with Crippen LogP contribution in [0.5, 0.6) is 0 Å². The molecule has 0 aliphatic heterocycles. The first-order valence-corrected chi connectivity index (χ1v) is 7.79. The van der Waals surface area contributed by atoms with Gasteiger partial charge in [0.25, 0.3) is 0 Å². The molecule has 2 unspecified atom stereocenters. The lowest BCUT2D eigenvalue weighted by Crippen LogP contribution is -2.22. The average molecular weight is 345 g/mol. The van der Waals surface area contributed by atoms with Gasteiger partial charge in [0.1, 0.15) is 11.3 Å². The zero-order valence-corrected chi connectivity index (χ0v) is 13.6. The first kappa shape index (κ1) is 14.3. The van der Waals surface area contributed by atoms with Gasteiger partial charge in [0.05, 0.1) is 11.7 Å². The highest BCUT2D eigenvalue weighted by molar-refractivity contribution is 9.10. The Hall–Kier alpha value is -1.65. The minimum atomic E-state index is 0.119. The molecule has 0 aliphatic rings. The average Bonchev–Trinajstić information content (AvgIpc) is 2.91. The van der Waals surface area contributed by atoms with Gasteiger partial charge in [-0.15, -0.1) is 0 Å². The van der Waals surface area contributed by atoms with Gasteiger partial charge < -0.3 is 4.42 Å². The van der Waals surface area contributed by atoms with E-state index in [0.717, 1.165) is 26.9 Å². The highest BCUT2D eigenvalue weighted by atomic mass is 79.9. The van der Waals surface area contributed by atoms with E-state index in [1.54, 1.807) is 0 Å². The summed E-state index contributed by atoms with van der Waals surface area (Å²) in [6.45, 7) is 4.21. The molecule has 2 aromatic heterocycles. The number of fused-ring (bicyclic) bond motifs is 1. The van der Waals surface area contributed by atoms with Gasteiger partial charge in [0, 0.05) is 22.1 Å². The van der Waals surface area contributed by atoms with Crippen molar-refractivity contribution < 1.29 is 4.42 Å². The van der Waals surface area contributed by atoms with Crippen LogP contribution in [-0.2, 0) is 0 Å². The highest BCUT2D eigenvalue weighted by Crippen LogP contribution is 2.27. The quantitative estimate of drug-likeness (QED) is 0.723. The van der Waals surface area contributed by atoms with E-state index < -0.39 is 0 Å². The van der Waals surface area contributed by atoms with E-state index in [1.165, 1.54) is 0 Å². The summed E-state index contributed by atoms with van der Waals surface area (Å²) in [6, 6.07) is 14.4. The third-order valence-corrected chi connectivity index (χ3v) is 4.05. The number of hydrogen-bond donors (Lipinski definition) is 1. The van der Waals surface area contributed by atoms with E-state index in [2.05, 4.69) is 52.2 Å². The lowest BCUT2D eigenvalue weighted by molar-refractivity contribution is 0.413. The van der Waals surface area contributed by atoms with E-state index >= 15 is 0 Å². The maximum atomic E-state index is 5.92. The fourth-order valence-corrected chi connectivity index (χ4v) is 2.80. The Morgan fingerprint density at radius 2 is 1.95 bits per heavy atom. The van der Waals surface area contributed by atoms with E-state index in [9.17, 15) is 0 Å². The molecule has 4 heteroatoms. The number of benzene rings is 1. The van der Waals surface area contributed by atoms with Gasteiger partial charge in [-0.2, -0.15) is 0 Å². The van der Waals surface area contributed by atoms with Crippen molar-refractivity contribution in [3.8, 4) is 0 Å². The SMILES string of the molecule is CC(NC(C)c1cc2cc(Br)ccc2o1)c1ccccn1. The molecule has 108 valence electrons. The fourth-order valence-electron chi connectivity index (χ4n) is 2.42. The second kappa shape index (κ2) is 6.00. The van der Waals surface area contributed by atoms with Crippen LogP contribution in [0.3, 0.4) is 0 Å². The predicted octanol–water partition coefficient (Wildman–Crippen LogP) is 5.00. The lowest BCUT2D eigenvalue weighted by Gasteiger charge is -2.17. The van der Waals surface area contributed by atoms with Crippen molar-refractivity contribution >= 4 is 26.9 Å². The Labute approximate surface area is 132 Å². The van der Waals surface area contributed by atoms with Crippen molar-refractivity contribution in [2.45, 2.75) is 25.9 Å². The molecule has 3 nitrogen and oxygen atoms in total. The van der Waals surface area contributed by atoms with E-state index in [1.807, 2.05) is 36.5 Å². The molecule has 0 bridgehead atoms. The van der Waals surface area contributed by atoms with Gasteiger partial charge in [-0.1, -0.05) is 22.0 Å². The molecule has 0 saturated heterocycles. The molecule has 0 aliphatic carbocycles. The third kappa shape index (κ3) is 3.17. The van der Waals surface area contributed by atoms with Crippen LogP contribution in [-0.4, -0.2) is 4.98 Å². The normalized spacial score (nSPS) is 14.2. The lowest BCUT2D eigenvalue weighted by atomic mass is 10.1. The van der Waals surface area contributed by atoms with Crippen molar-refractivity contribution in [3.63, 3.8) is 0 Å². The van der Waals surface area contributed by atoms with Crippen molar-refractivity contribution in [3.05, 3.63) is 64.6 Å². The summed E-state index contributed by atoms with van der Waals surface area (Å²) >= 11 is 3.48. The predicted molar refractivity (Wildman–Crippen MR) is 88.1 cm³/mol. The van der Waals surface area contributed by atoms with E-state index in [-0.39, 0.29) is 12.1 Å². The summed E-state index contributed by atoms with van der Waals surface area (Å²) in [5.74, 6) is 0.936. The van der Waals surface area contributed by atoms with Crippen molar-refractivity contribution in [1.29, 1.82) is 0 Å². The molecule has 0 spiro atoms. The summed E-state index contributed by atoms with van der Waals surface area (Å²) in [5, 5.41) is 4.63. The van der Waals surface area contributed by atoms with Crippen molar-refractivity contribution in [1.82, 2.24) is 10.3 Å². The summed E-state index contributed by atoms with van der Waals surface area (Å²) in [7, 11) is 0. The summed E-state index contributed by atoms with van der Waals surface area (Å²) in [6.07, 6.45) is 1.82. The van der Waals surface area contributed by atoms with Crippen LogP contribution >= 0.6 is 15.9 Å². The number of aromatic nitrogens is 1. The minimum Gasteiger partial charge on any atom is -0.459 e. The minimum absolute atomic E-state index is 0.119. The Morgan fingerprint density at radius 1 is 1.10 bits per heavy atom. The topological polar surface area (TPSA) is 38.1 Å². The van der Waals surface area contributed by atoms with Crippen LogP contribution in [0.1, 0.15) is 37.4 Å². The largest absolute Gasteiger partial charge is 0.459 e. The van der Waals surface area contributed by atoms with E-state index in [4.69, 9.17) is 4.42 Å². The van der Waals surface area contributed by atoms with Crippen LogP contribution in [0.4, 0.5) is 0 Å². The van der Waals surface area contributed by atoms with Crippen LogP contribution in [0.2, 0.25) is 0 Å². The first-order chi connectivity index (χ1) is 10.1. The van der Waals surface area contributed by atoms with Gasteiger partial charge in [-0.3, -0.25) is 10.3 Å². The number of rotatable bonds is 4. The molecule has 0 saturated carbocycles. The summed E-state index contributed by atoms with van der Waals surface area (Å²) < 4.78 is 6.98. The second-order valence-electron chi connectivity index (χ2n) is 5.20. The molecule has 3 rings (SSSR count). The molecule has 0 amide bonds. The number of nitrogens with one attached hydrogen (secondary N) is 1. The molecule has 0 radical (unpaired) electrons. The van der Waals surface area contributed by atoms with Crippen LogP contribution in [0, 0.1) is 0 Å². The van der Waals surface area contributed by atoms with Crippen molar-refractivity contribution in [2.75, 3.05) is 0 Å². The number of nitrogens with zero attached hydrogens (tertiary/aromatic N) is 1. The molecule has 0 fully saturated rings. The first-order valence-electron chi connectivity index (χ1n) is 6.99. The maximum absolute atomic E-state index is 5.92. The molecule has 1 N–H and O–H groups in total. The Balaban J connectivity index is 1.79. The molecular formula is C17H17BrN2O. The van der Waals surface area contributed by atoms with E-state index in [0.29, 0.717) is 0 Å². The Bertz CT molecular complexity index is 739. The van der Waals surface area contributed by atoms with Gasteiger partial charge in [-0.05, 0) is 50.2 Å². The molecule has 3 aromatic rings. The third-order valence-electron chi connectivity index (χ3n) is 3.56. The zero-order chi connectivity index (χ0) is 14.8. The number of hydrogen-bond acceptors (Lipinski definition) is 3. The number of furan rings is 1. The van der Waals surface area contributed by atoms with Gasteiger partial charge >= 0.3 is 0 Å². The Morgan fingerprint density at radius 3 is 2.71 bits per heavy atom. The smallest absolute Gasteiger partial charge is 0.134 e. The number of halogens is 1. The molecule has 1 aromatic carbocycles. The number of pyridine rings is 1. The van der Waals surface area contributed by atoms with Gasteiger partial charge in [0.2, 0.25) is 0 Å². The van der Waals surface area contributed by atoms with Crippen LogP contribution in [0.15, 0.2) is 57.6 Å². The Kier molecular flexibility index (Phi) is 4.08. The summed E-state index contributed by atoms with van der Waals surface area (Å²) in [5.41, 5.74) is 1.94. The molecular weight excluding hydrogens is 328 g/mol. The monoisotopic (exact) mass is 344 g/mol. The van der Waals surface area contributed by atoms with Crippen molar-refractivity contribution in [2.24, 2.45) is 0 Å². The fraction of sp³-hybridized carbons (Fsp3) is 0.235. The molecule has 2 heterocycles. The molecule has 2 atom stereocenters. The van der Waals surface area contributed by atoms with Gasteiger partial charge in [-0.25, -0.2) is 0 Å². The zero-order valence-electron chi connectivity index (χ0n) is 12.0. The standard InChI is InChI=1S/C17H17BrN2O/c1-11(15-5-3-4-8-19-15)20-12(2)17-10-13-9-14(18)6-7-16(13)21-17/h3-12,20H,1-2H3. The molecule has 21 heavy (non-hydrogen) atoms. The van der Waals surface area contributed by atoms with Gasteiger partial charge in [0.15, 0.2) is 0 Å². The van der Waals surface area contributed by atoms with Crippen LogP contribution < -0.4 is 5.32 Å². The van der Waals surface area contributed by atoms with Crippen LogP contribution in [0.25, 0.3) is 11.0 Å².